The van der Waals surface area contributed by atoms with E-state index in [4.69, 9.17) is 9.98 Å². The number of anilines is 2. The molecule has 34 heavy (non-hydrogen) atoms. The topological polar surface area (TPSA) is 117 Å². The molecular formula is C24H28N6O4. The van der Waals surface area contributed by atoms with Crippen LogP contribution in [0, 0.1) is 32.1 Å². The number of nitro benzene ring substituents is 2. The fourth-order valence-corrected chi connectivity index (χ4v) is 4.16. The zero-order chi connectivity index (χ0) is 24.6. The van der Waals surface area contributed by atoms with Gasteiger partial charge in [-0.3, -0.25) is 30.2 Å². The molecular weight excluding hydrogens is 436 g/mol. The Balaban J connectivity index is 1.80. The van der Waals surface area contributed by atoms with Gasteiger partial charge < -0.3 is 9.80 Å². The third-order valence-corrected chi connectivity index (χ3v) is 6.27. The number of nitrogens with zero attached hydrogens (tertiary/aromatic N) is 6. The van der Waals surface area contributed by atoms with E-state index >= 15 is 0 Å². The quantitative estimate of drug-likeness (QED) is 0.433. The number of non-ortho nitro benzene ring substituents is 2. The summed E-state index contributed by atoms with van der Waals surface area (Å²) in [6.07, 6.45) is 0. The highest BCUT2D eigenvalue weighted by molar-refractivity contribution is 6.50. The number of aliphatic imine (C=N–C) groups is 2. The van der Waals surface area contributed by atoms with Gasteiger partial charge in [0.15, 0.2) is 11.7 Å². The molecule has 178 valence electrons. The Bertz CT molecular complexity index is 1080. The first-order valence-corrected chi connectivity index (χ1v) is 11.4. The highest BCUT2D eigenvalue weighted by Crippen LogP contribution is 2.32. The monoisotopic (exact) mass is 464 g/mol. The van der Waals surface area contributed by atoms with E-state index in [9.17, 15) is 20.2 Å². The zero-order valence-corrected chi connectivity index (χ0v) is 19.7. The van der Waals surface area contributed by atoms with E-state index in [2.05, 4.69) is 27.7 Å². The second-order valence-electron chi connectivity index (χ2n) is 9.30. The Labute approximate surface area is 197 Å². The molecule has 10 heteroatoms. The molecule has 2 aromatic carbocycles. The molecule has 0 bridgehead atoms. The first-order valence-electron chi connectivity index (χ1n) is 11.4. The molecule has 0 fully saturated rings. The fourth-order valence-electron chi connectivity index (χ4n) is 4.16. The minimum Gasteiger partial charge on any atom is -0.321 e. The maximum Gasteiger partial charge on any atom is 0.271 e. The number of hydrogen-bond acceptors (Lipinski definition) is 8. The van der Waals surface area contributed by atoms with E-state index < -0.39 is 9.85 Å². The Morgan fingerprint density at radius 3 is 1.47 bits per heavy atom. The Morgan fingerprint density at radius 2 is 1.15 bits per heavy atom. The van der Waals surface area contributed by atoms with Crippen molar-refractivity contribution in [3.63, 3.8) is 0 Å². The predicted molar refractivity (Wildman–Crippen MR) is 133 cm³/mol. The molecule has 0 radical (unpaired) electrons. The van der Waals surface area contributed by atoms with Gasteiger partial charge in [0.25, 0.3) is 11.4 Å². The summed E-state index contributed by atoms with van der Waals surface area (Å²) < 4.78 is 0. The second kappa shape index (κ2) is 9.20. The average Bonchev–Trinajstić information content (AvgIpc) is 3.44. The van der Waals surface area contributed by atoms with Gasteiger partial charge in [0.2, 0.25) is 0 Å². The van der Waals surface area contributed by atoms with E-state index in [0.29, 0.717) is 36.1 Å². The van der Waals surface area contributed by atoms with E-state index in [-0.39, 0.29) is 35.3 Å². The molecule has 2 heterocycles. The van der Waals surface area contributed by atoms with E-state index in [1.165, 1.54) is 12.1 Å². The lowest BCUT2D eigenvalue weighted by atomic mass is 10.1. The zero-order valence-electron chi connectivity index (χ0n) is 19.7. The van der Waals surface area contributed by atoms with Crippen LogP contribution in [0.3, 0.4) is 0 Å². The van der Waals surface area contributed by atoms with Crippen molar-refractivity contribution in [1.29, 1.82) is 0 Å². The first-order chi connectivity index (χ1) is 16.2. The second-order valence-corrected chi connectivity index (χ2v) is 9.30. The van der Waals surface area contributed by atoms with Crippen molar-refractivity contribution >= 4 is 34.4 Å². The molecule has 2 aliphatic rings. The molecule has 0 aliphatic carbocycles. The van der Waals surface area contributed by atoms with Gasteiger partial charge in [0.1, 0.15) is 0 Å². The largest absolute Gasteiger partial charge is 0.321 e. The van der Waals surface area contributed by atoms with Crippen molar-refractivity contribution in [3.8, 4) is 0 Å². The highest BCUT2D eigenvalue weighted by atomic mass is 16.6. The predicted octanol–water partition coefficient (Wildman–Crippen LogP) is 4.69. The molecule has 2 aromatic rings. The molecule has 10 nitrogen and oxygen atoms in total. The van der Waals surface area contributed by atoms with E-state index in [1.54, 1.807) is 24.3 Å². The summed E-state index contributed by atoms with van der Waals surface area (Å²) in [5.41, 5.74) is 1.36. The minimum absolute atomic E-state index is 0.00815. The summed E-state index contributed by atoms with van der Waals surface area (Å²) in [6, 6.07) is 13.0. The summed E-state index contributed by atoms with van der Waals surface area (Å²) in [5, 5.41) is 22.8. The number of nitro groups is 2. The summed E-state index contributed by atoms with van der Waals surface area (Å²) in [5.74, 6) is 1.78. The van der Waals surface area contributed by atoms with Crippen molar-refractivity contribution in [1.82, 2.24) is 0 Å². The number of hydrogen-bond donors (Lipinski definition) is 0. The SMILES string of the molecule is CC(C)[C@H]1CN(c2cccc([N+](=O)[O-])c2)C(C2=N[C@@H](C(C)C)CN2c2cccc([N+](=O)[O-])c2)=N1. The summed E-state index contributed by atoms with van der Waals surface area (Å²) in [4.78, 5) is 35.9. The van der Waals surface area contributed by atoms with Gasteiger partial charge in [0.05, 0.1) is 21.9 Å². The van der Waals surface area contributed by atoms with Gasteiger partial charge in [-0.2, -0.15) is 0 Å². The fraction of sp³-hybridized carbons (Fsp3) is 0.417. The summed E-state index contributed by atoms with van der Waals surface area (Å²) >= 11 is 0. The molecule has 0 unspecified atom stereocenters. The third-order valence-electron chi connectivity index (χ3n) is 6.27. The molecule has 2 aliphatic heterocycles. The molecule has 4 rings (SSSR count). The van der Waals surface area contributed by atoms with Crippen LogP contribution in [-0.2, 0) is 0 Å². The average molecular weight is 465 g/mol. The normalized spacial score (nSPS) is 20.2. The molecule has 0 spiro atoms. The van der Waals surface area contributed by atoms with Crippen molar-refractivity contribution in [2.75, 3.05) is 22.9 Å². The van der Waals surface area contributed by atoms with Gasteiger partial charge in [-0.05, 0) is 24.0 Å². The maximum atomic E-state index is 11.4. The summed E-state index contributed by atoms with van der Waals surface area (Å²) in [7, 11) is 0. The number of rotatable bonds is 7. The number of benzene rings is 2. The maximum absolute atomic E-state index is 11.4. The van der Waals surface area contributed by atoms with Crippen LogP contribution < -0.4 is 9.80 Å². The lowest BCUT2D eigenvalue weighted by Gasteiger charge is -2.26. The van der Waals surface area contributed by atoms with Gasteiger partial charge in [-0.1, -0.05) is 39.8 Å². The smallest absolute Gasteiger partial charge is 0.271 e. The Kier molecular flexibility index (Phi) is 6.32. The van der Waals surface area contributed by atoms with Crippen molar-refractivity contribution in [2.24, 2.45) is 21.8 Å². The molecule has 0 N–H and O–H groups in total. The van der Waals surface area contributed by atoms with Crippen LogP contribution in [0.25, 0.3) is 0 Å². The van der Waals surface area contributed by atoms with E-state index in [0.717, 1.165) is 0 Å². The lowest BCUT2D eigenvalue weighted by molar-refractivity contribution is -0.385. The van der Waals surface area contributed by atoms with Gasteiger partial charge in [-0.15, -0.1) is 0 Å². The Morgan fingerprint density at radius 1 is 0.765 bits per heavy atom. The van der Waals surface area contributed by atoms with Crippen LogP contribution in [0.1, 0.15) is 27.7 Å². The molecule has 0 aromatic heterocycles. The Hall–Kier alpha value is -3.82. The van der Waals surface area contributed by atoms with Crippen LogP contribution in [0.4, 0.5) is 22.7 Å². The lowest BCUT2D eigenvalue weighted by Crippen LogP contribution is -2.42. The van der Waals surface area contributed by atoms with Crippen LogP contribution in [0.15, 0.2) is 58.5 Å². The van der Waals surface area contributed by atoms with Gasteiger partial charge >= 0.3 is 0 Å². The van der Waals surface area contributed by atoms with Crippen molar-refractivity contribution in [3.05, 3.63) is 68.8 Å². The van der Waals surface area contributed by atoms with Crippen molar-refractivity contribution < 1.29 is 9.85 Å². The first kappa shape index (κ1) is 23.3. The molecule has 2 atom stereocenters. The molecule has 0 saturated carbocycles. The van der Waals surface area contributed by atoms with Crippen molar-refractivity contribution in [2.45, 2.75) is 39.8 Å². The van der Waals surface area contributed by atoms with Gasteiger partial charge in [0, 0.05) is 48.7 Å². The molecule has 0 saturated heterocycles. The third kappa shape index (κ3) is 4.48. The minimum atomic E-state index is -0.409. The molecule has 0 amide bonds. The van der Waals surface area contributed by atoms with Crippen LogP contribution >= 0.6 is 0 Å². The standard InChI is InChI=1S/C24H28N6O4/c1-15(2)21-13-27(17-7-5-9-19(11-17)29(31)32)23(25-21)24-26-22(16(3)4)14-28(24)18-8-6-10-20(12-18)30(33)34/h5-12,15-16,21-22H,13-14H2,1-4H3/t21-,22-/m1/s1. The highest BCUT2D eigenvalue weighted by Gasteiger charge is 2.38. The van der Waals surface area contributed by atoms with Crippen LogP contribution in [0.5, 0.6) is 0 Å². The van der Waals surface area contributed by atoms with Crippen LogP contribution in [-0.4, -0.2) is 46.7 Å². The number of amidine groups is 2. The van der Waals surface area contributed by atoms with Gasteiger partial charge in [-0.25, -0.2) is 0 Å². The van der Waals surface area contributed by atoms with Crippen LogP contribution in [0.2, 0.25) is 0 Å². The summed E-state index contributed by atoms with van der Waals surface area (Å²) in [6.45, 7) is 9.51. The van der Waals surface area contributed by atoms with E-state index in [1.807, 2.05) is 21.9 Å².